The second-order valence-corrected chi connectivity index (χ2v) is 8.78. The topological polar surface area (TPSA) is 38.2 Å². The van der Waals surface area contributed by atoms with Crippen molar-refractivity contribution in [1.82, 2.24) is 9.97 Å². The molecule has 4 nitrogen and oxygen atoms in total. The van der Waals surface area contributed by atoms with Crippen LogP contribution in [0, 0.1) is 11.8 Å². The first kappa shape index (κ1) is 16.3. The van der Waals surface area contributed by atoms with Crippen LogP contribution in [0.2, 0.25) is 0 Å². The lowest BCUT2D eigenvalue weighted by molar-refractivity contribution is 0.122. The summed E-state index contributed by atoms with van der Waals surface area (Å²) < 4.78 is 5.55. The Morgan fingerprint density at radius 2 is 2.04 bits per heavy atom. The minimum atomic E-state index is 0.578. The normalized spacial score (nSPS) is 21.5. The number of hydrogen-bond donors (Lipinski definition) is 0. The van der Waals surface area contributed by atoms with Gasteiger partial charge in [-0.15, -0.1) is 11.3 Å². The predicted octanol–water partition coefficient (Wildman–Crippen LogP) is 3.85. The number of nitrogens with zero attached hydrogens (tertiary/aromatic N) is 3. The van der Waals surface area contributed by atoms with Crippen LogP contribution in [-0.2, 0) is 24.0 Å². The Morgan fingerprint density at radius 3 is 2.79 bits per heavy atom. The zero-order valence-electron chi connectivity index (χ0n) is 15.0. The van der Waals surface area contributed by atoms with Gasteiger partial charge in [-0.2, -0.15) is 0 Å². The van der Waals surface area contributed by atoms with E-state index in [1.807, 2.05) is 11.3 Å². The molecule has 0 bridgehead atoms. The van der Waals surface area contributed by atoms with E-state index in [-0.39, 0.29) is 0 Å². The molecule has 0 saturated carbocycles. The highest BCUT2D eigenvalue weighted by Gasteiger charge is 2.26. The van der Waals surface area contributed by atoms with E-state index in [2.05, 4.69) is 25.7 Å². The smallest absolute Gasteiger partial charge is 0.141 e. The molecule has 1 aliphatic heterocycles. The van der Waals surface area contributed by atoms with E-state index in [0.717, 1.165) is 44.5 Å². The van der Waals surface area contributed by atoms with Gasteiger partial charge in [0, 0.05) is 24.4 Å². The number of hydrogen-bond acceptors (Lipinski definition) is 5. The Morgan fingerprint density at radius 1 is 1.25 bits per heavy atom. The summed E-state index contributed by atoms with van der Waals surface area (Å²) in [6.07, 6.45) is 4.63. The zero-order chi connectivity index (χ0) is 16.7. The summed E-state index contributed by atoms with van der Waals surface area (Å²) in [5, 5.41) is 1.34. The van der Waals surface area contributed by atoms with Crippen molar-refractivity contribution in [2.75, 3.05) is 31.2 Å². The van der Waals surface area contributed by atoms with Gasteiger partial charge in [0.25, 0.3) is 0 Å². The lowest BCUT2D eigenvalue weighted by Gasteiger charge is -2.29. The quantitative estimate of drug-likeness (QED) is 0.847. The first-order chi connectivity index (χ1) is 11.6. The molecule has 1 aliphatic carbocycles. The lowest BCUT2D eigenvalue weighted by atomic mass is 9.89. The number of ether oxygens (including phenoxy) is 1. The van der Waals surface area contributed by atoms with Crippen LogP contribution < -0.4 is 4.90 Å². The average Bonchev–Trinajstić information content (AvgIpc) is 2.91. The summed E-state index contributed by atoms with van der Waals surface area (Å²) in [7, 11) is 0. The molecule has 5 heteroatoms. The van der Waals surface area contributed by atoms with Crippen LogP contribution in [0.4, 0.5) is 5.82 Å². The first-order valence-electron chi connectivity index (χ1n) is 9.25. The van der Waals surface area contributed by atoms with Crippen LogP contribution in [0.1, 0.15) is 43.5 Å². The van der Waals surface area contributed by atoms with Crippen molar-refractivity contribution < 1.29 is 4.74 Å². The van der Waals surface area contributed by atoms with Crippen LogP contribution in [0.5, 0.6) is 0 Å². The molecule has 4 rings (SSSR count). The summed E-state index contributed by atoms with van der Waals surface area (Å²) in [4.78, 5) is 15.2. The molecule has 0 unspecified atom stereocenters. The average molecular weight is 346 g/mol. The van der Waals surface area contributed by atoms with Gasteiger partial charge in [0.05, 0.1) is 18.6 Å². The van der Waals surface area contributed by atoms with Crippen molar-refractivity contribution in [3.05, 3.63) is 16.3 Å². The molecule has 130 valence electrons. The molecule has 1 saturated heterocycles. The summed E-state index contributed by atoms with van der Waals surface area (Å²) in [5.41, 5.74) is 1.53. The number of rotatable bonds is 3. The fraction of sp³-hybridized carbons (Fsp3) is 0.684. The molecule has 0 amide bonds. The highest BCUT2D eigenvalue weighted by atomic mass is 32.1. The van der Waals surface area contributed by atoms with Crippen molar-refractivity contribution in [2.45, 2.75) is 46.5 Å². The third kappa shape index (κ3) is 3.04. The van der Waals surface area contributed by atoms with E-state index in [4.69, 9.17) is 14.7 Å². The molecule has 2 aromatic heterocycles. The summed E-state index contributed by atoms with van der Waals surface area (Å²) in [6, 6.07) is 0. The fourth-order valence-corrected chi connectivity index (χ4v) is 5.22. The Balaban J connectivity index is 1.85. The molecule has 0 aromatic carbocycles. The second kappa shape index (κ2) is 6.60. The Kier molecular flexibility index (Phi) is 4.48. The number of aromatic nitrogens is 2. The van der Waals surface area contributed by atoms with Crippen molar-refractivity contribution in [2.24, 2.45) is 11.8 Å². The number of anilines is 1. The maximum Gasteiger partial charge on any atom is 0.141 e. The maximum absolute atomic E-state index is 5.55. The van der Waals surface area contributed by atoms with Gasteiger partial charge in [-0.3, -0.25) is 0 Å². The van der Waals surface area contributed by atoms with E-state index in [1.165, 1.54) is 40.9 Å². The third-order valence-corrected chi connectivity index (χ3v) is 6.23. The number of morpholine rings is 1. The Hall–Kier alpha value is -1.20. The van der Waals surface area contributed by atoms with Gasteiger partial charge in [0.2, 0.25) is 0 Å². The number of aryl methyl sites for hydroxylation is 1. The lowest BCUT2D eigenvalue weighted by Crippen LogP contribution is -2.37. The van der Waals surface area contributed by atoms with E-state index in [0.29, 0.717) is 5.92 Å². The van der Waals surface area contributed by atoms with Gasteiger partial charge in [-0.25, -0.2) is 9.97 Å². The summed E-state index contributed by atoms with van der Waals surface area (Å²) in [6.45, 7) is 10.3. The summed E-state index contributed by atoms with van der Waals surface area (Å²) in [5.74, 6) is 3.55. The monoisotopic (exact) mass is 345 g/mol. The van der Waals surface area contributed by atoms with Gasteiger partial charge >= 0.3 is 0 Å². The zero-order valence-corrected chi connectivity index (χ0v) is 15.8. The highest BCUT2D eigenvalue weighted by Crippen LogP contribution is 2.41. The fourth-order valence-electron chi connectivity index (χ4n) is 3.83. The molecule has 0 spiro atoms. The molecular formula is C19H27N3OS. The minimum absolute atomic E-state index is 0.578. The van der Waals surface area contributed by atoms with Crippen LogP contribution in [0.15, 0.2) is 0 Å². The van der Waals surface area contributed by atoms with Gasteiger partial charge in [0.1, 0.15) is 16.5 Å². The first-order valence-corrected chi connectivity index (χ1v) is 10.1. The highest BCUT2D eigenvalue weighted by molar-refractivity contribution is 7.19. The molecular weight excluding hydrogens is 318 g/mol. The summed E-state index contributed by atoms with van der Waals surface area (Å²) >= 11 is 1.91. The van der Waals surface area contributed by atoms with Crippen molar-refractivity contribution in [1.29, 1.82) is 0 Å². The van der Waals surface area contributed by atoms with Crippen LogP contribution in [0.25, 0.3) is 10.2 Å². The molecule has 24 heavy (non-hydrogen) atoms. The van der Waals surface area contributed by atoms with Crippen LogP contribution in [0.3, 0.4) is 0 Å². The minimum Gasteiger partial charge on any atom is -0.378 e. The molecule has 2 aromatic rings. The third-order valence-electron chi connectivity index (χ3n) is 5.08. The predicted molar refractivity (Wildman–Crippen MR) is 100 cm³/mol. The van der Waals surface area contributed by atoms with E-state index in [9.17, 15) is 0 Å². The Bertz CT molecular complexity index is 734. The molecule has 2 aliphatic rings. The van der Waals surface area contributed by atoms with Crippen molar-refractivity contribution >= 4 is 27.4 Å². The molecule has 0 N–H and O–H groups in total. The molecule has 1 atom stereocenters. The van der Waals surface area contributed by atoms with Gasteiger partial charge in [-0.05, 0) is 36.7 Å². The van der Waals surface area contributed by atoms with Gasteiger partial charge in [0.15, 0.2) is 0 Å². The van der Waals surface area contributed by atoms with Crippen molar-refractivity contribution in [3.63, 3.8) is 0 Å². The van der Waals surface area contributed by atoms with Crippen LogP contribution >= 0.6 is 11.3 Å². The largest absolute Gasteiger partial charge is 0.378 e. The standard InChI is InChI=1S/C19H27N3OS/c1-12(2)10-16-20-18(22-6-8-23-9-7-22)17-14-5-4-13(3)11-15(14)24-19(17)21-16/h12-13H,4-11H2,1-3H3/t13-/m1/s1. The van der Waals surface area contributed by atoms with E-state index >= 15 is 0 Å². The SMILES string of the molecule is CC(C)Cc1nc(N2CCOCC2)c2c3c(sc2n1)C[C@H](C)CC3. The molecule has 3 heterocycles. The molecule has 0 radical (unpaired) electrons. The van der Waals surface area contributed by atoms with E-state index < -0.39 is 0 Å². The van der Waals surface area contributed by atoms with Crippen LogP contribution in [-0.4, -0.2) is 36.3 Å². The Labute approximate surface area is 148 Å². The maximum atomic E-state index is 5.55. The van der Waals surface area contributed by atoms with E-state index in [1.54, 1.807) is 4.88 Å². The van der Waals surface area contributed by atoms with Gasteiger partial charge in [-0.1, -0.05) is 20.8 Å². The molecule has 1 fully saturated rings. The number of fused-ring (bicyclic) bond motifs is 3. The van der Waals surface area contributed by atoms with Gasteiger partial charge < -0.3 is 9.64 Å². The number of thiophene rings is 1. The second-order valence-electron chi connectivity index (χ2n) is 7.69. The van der Waals surface area contributed by atoms with Crippen molar-refractivity contribution in [3.8, 4) is 0 Å².